The lowest BCUT2D eigenvalue weighted by Gasteiger charge is -2.08. The molecule has 0 fully saturated rings. The van der Waals surface area contributed by atoms with Crippen LogP contribution in [0.15, 0.2) is 59.1 Å². The van der Waals surface area contributed by atoms with Gasteiger partial charge in [-0.1, -0.05) is 23.9 Å². The number of ether oxygens (including phenoxy) is 2. The van der Waals surface area contributed by atoms with Gasteiger partial charge in [0.2, 0.25) is 5.91 Å². The first kappa shape index (κ1) is 25.4. The predicted molar refractivity (Wildman–Crippen MR) is 138 cm³/mol. The van der Waals surface area contributed by atoms with Crippen molar-refractivity contribution in [1.29, 1.82) is 0 Å². The van der Waals surface area contributed by atoms with E-state index in [0.29, 0.717) is 33.7 Å². The van der Waals surface area contributed by atoms with Crippen LogP contribution in [0.2, 0.25) is 0 Å². The fourth-order valence-corrected chi connectivity index (χ4v) is 5.13. The first-order valence-electron chi connectivity index (χ1n) is 10.9. The second-order valence-corrected chi connectivity index (χ2v) is 9.33. The van der Waals surface area contributed by atoms with E-state index in [9.17, 15) is 14.0 Å². The first-order valence-corrected chi connectivity index (χ1v) is 12.8. The highest BCUT2D eigenvalue weighted by atomic mass is 32.2. The maximum atomic E-state index is 13.3. The lowest BCUT2D eigenvalue weighted by molar-refractivity contribution is -0.113. The summed E-state index contributed by atoms with van der Waals surface area (Å²) in [6, 6.07) is 13.3. The molecule has 11 heteroatoms. The Hall–Kier alpha value is -3.70. The number of rotatable bonds is 9. The smallest absolute Gasteiger partial charge is 0.341 e. The van der Waals surface area contributed by atoms with E-state index in [-0.39, 0.29) is 23.0 Å². The number of hydrogen-bond donors (Lipinski definition) is 1. The van der Waals surface area contributed by atoms with Crippen molar-refractivity contribution in [2.45, 2.75) is 12.1 Å². The van der Waals surface area contributed by atoms with E-state index in [4.69, 9.17) is 9.47 Å². The number of hydrogen-bond acceptors (Lipinski definition) is 8. The molecule has 2 aromatic carbocycles. The van der Waals surface area contributed by atoms with Crippen molar-refractivity contribution < 1.29 is 23.5 Å². The predicted octanol–water partition coefficient (Wildman–Crippen LogP) is 5.27. The van der Waals surface area contributed by atoms with Crippen LogP contribution in [0, 0.1) is 5.82 Å². The second kappa shape index (κ2) is 11.4. The summed E-state index contributed by atoms with van der Waals surface area (Å²) < 4.78 is 25.5. The minimum atomic E-state index is -0.591. The van der Waals surface area contributed by atoms with Gasteiger partial charge in [0.1, 0.15) is 22.1 Å². The standard InChI is InChI=1S/C25H23FN4O4S2/c1-4-34-18-11-7-16(8-12-18)22-28-29-25(30(22)2)36-14-20(31)27-23-21(24(32)33-3)19(13-35-23)15-5-9-17(26)10-6-15/h5-13H,4,14H2,1-3H3,(H,27,31). The van der Waals surface area contributed by atoms with Gasteiger partial charge in [-0.3, -0.25) is 4.79 Å². The average molecular weight is 527 g/mol. The number of thioether (sulfide) groups is 1. The van der Waals surface area contributed by atoms with Gasteiger partial charge in [-0.2, -0.15) is 0 Å². The number of amides is 1. The Labute approximate surface area is 215 Å². The number of benzene rings is 2. The maximum absolute atomic E-state index is 13.3. The van der Waals surface area contributed by atoms with Gasteiger partial charge in [0.15, 0.2) is 11.0 Å². The van der Waals surface area contributed by atoms with Crippen molar-refractivity contribution in [2.75, 3.05) is 24.8 Å². The van der Waals surface area contributed by atoms with Gasteiger partial charge in [-0.05, 0) is 48.9 Å². The van der Waals surface area contributed by atoms with Crippen LogP contribution in [0.5, 0.6) is 5.75 Å². The molecule has 0 spiro atoms. The molecule has 4 rings (SSSR count). The van der Waals surface area contributed by atoms with E-state index >= 15 is 0 Å². The van der Waals surface area contributed by atoms with Gasteiger partial charge in [0.25, 0.3) is 0 Å². The van der Waals surface area contributed by atoms with Crippen LogP contribution in [-0.2, 0) is 16.6 Å². The number of methoxy groups -OCH3 is 1. The van der Waals surface area contributed by atoms with Gasteiger partial charge in [-0.25, -0.2) is 9.18 Å². The van der Waals surface area contributed by atoms with Crippen LogP contribution in [0.1, 0.15) is 17.3 Å². The lowest BCUT2D eigenvalue weighted by Crippen LogP contribution is -2.16. The molecule has 0 aliphatic rings. The second-order valence-electron chi connectivity index (χ2n) is 7.51. The Kier molecular flexibility index (Phi) is 8.01. The quantitative estimate of drug-likeness (QED) is 0.235. The highest BCUT2D eigenvalue weighted by Gasteiger charge is 2.23. The van der Waals surface area contributed by atoms with E-state index in [1.54, 1.807) is 17.5 Å². The monoisotopic (exact) mass is 526 g/mol. The van der Waals surface area contributed by atoms with Crippen LogP contribution in [-0.4, -0.2) is 46.1 Å². The molecule has 0 atom stereocenters. The number of thiophene rings is 1. The molecule has 0 unspecified atom stereocenters. The largest absolute Gasteiger partial charge is 0.494 e. The Balaban J connectivity index is 1.45. The Morgan fingerprint density at radius 1 is 1.08 bits per heavy atom. The number of aromatic nitrogens is 3. The summed E-state index contributed by atoms with van der Waals surface area (Å²) in [5, 5.41) is 13.9. The zero-order chi connectivity index (χ0) is 25.7. The van der Waals surface area contributed by atoms with Gasteiger partial charge < -0.3 is 19.4 Å². The number of carbonyl (C=O) groups excluding carboxylic acids is 2. The number of esters is 1. The van der Waals surface area contributed by atoms with Gasteiger partial charge in [-0.15, -0.1) is 21.5 Å². The SMILES string of the molecule is CCOc1ccc(-c2nnc(SCC(=O)Nc3scc(-c4ccc(F)cc4)c3C(=O)OC)n2C)cc1. The summed E-state index contributed by atoms with van der Waals surface area (Å²) in [6.07, 6.45) is 0. The topological polar surface area (TPSA) is 95.3 Å². The van der Waals surface area contributed by atoms with Crippen LogP contribution in [0.25, 0.3) is 22.5 Å². The van der Waals surface area contributed by atoms with Crippen molar-refractivity contribution in [1.82, 2.24) is 14.8 Å². The van der Waals surface area contributed by atoms with E-state index < -0.39 is 5.97 Å². The zero-order valence-corrected chi connectivity index (χ0v) is 21.4. The van der Waals surface area contributed by atoms with Crippen LogP contribution in [0.4, 0.5) is 9.39 Å². The molecule has 2 heterocycles. The fourth-order valence-electron chi connectivity index (χ4n) is 3.45. The molecular weight excluding hydrogens is 503 g/mol. The van der Waals surface area contributed by atoms with Crippen molar-refractivity contribution in [3.05, 3.63) is 65.3 Å². The van der Waals surface area contributed by atoms with Gasteiger partial charge in [0, 0.05) is 23.6 Å². The molecule has 8 nitrogen and oxygen atoms in total. The summed E-state index contributed by atoms with van der Waals surface area (Å²) in [5.74, 6) is 0.205. The van der Waals surface area contributed by atoms with E-state index in [1.807, 2.05) is 42.8 Å². The Bertz CT molecular complexity index is 1370. The first-order chi connectivity index (χ1) is 17.4. The fraction of sp³-hybridized carbons (Fsp3) is 0.200. The molecule has 186 valence electrons. The molecule has 4 aromatic rings. The third-order valence-corrected chi connectivity index (χ3v) is 7.10. The minimum Gasteiger partial charge on any atom is -0.494 e. The van der Waals surface area contributed by atoms with Crippen molar-refractivity contribution >= 4 is 40.0 Å². The molecular formula is C25H23FN4O4S2. The third kappa shape index (κ3) is 5.58. The van der Waals surface area contributed by atoms with Crippen molar-refractivity contribution in [3.8, 4) is 28.3 Å². The van der Waals surface area contributed by atoms with Crippen LogP contribution in [0.3, 0.4) is 0 Å². The summed E-state index contributed by atoms with van der Waals surface area (Å²) >= 11 is 2.42. The molecule has 0 aliphatic heterocycles. The van der Waals surface area contributed by atoms with Gasteiger partial charge >= 0.3 is 5.97 Å². The van der Waals surface area contributed by atoms with Gasteiger partial charge in [0.05, 0.1) is 19.5 Å². The van der Waals surface area contributed by atoms with Crippen LogP contribution < -0.4 is 10.1 Å². The normalized spacial score (nSPS) is 10.8. The lowest BCUT2D eigenvalue weighted by atomic mass is 10.0. The minimum absolute atomic E-state index is 0.0552. The average Bonchev–Trinajstić information content (AvgIpc) is 3.46. The van der Waals surface area contributed by atoms with Crippen LogP contribution >= 0.6 is 23.1 Å². The van der Waals surface area contributed by atoms with E-state index in [0.717, 1.165) is 11.3 Å². The van der Waals surface area contributed by atoms with E-state index in [2.05, 4.69) is 15.5 Å². The zero-order valence-electron chi connectivity index (χ0n) is 19.8. The molecule has 0 radical (unpaired) electrons. The Morgan fingerprint density at radius 2 is 1.78 bits per heavy atom. The highest BCUT2D eigenvalue weighted by Crippen LogP contribution is 2.36. The molecule has 1 N–H and O–H groups in total. The molecule has 2 aromatic heterocycles. The third-order valence-electron chi connectivity index (χ3n) is 5.18. The summed E-state index contributed by atoms with van der Waals surface area (Å²) in [5.41, 5.74) is 2.30. The van der Waals surface area contributed by atoms with Crippen molar-refractivity contribution in [3.63, 3.8) is 0 Å². The number of anilines is 1. The number of nitrogens with one attached hydrogen (secondary N) is 1. The Morgan fingerprint density at radius 3 is 2.44 bits per heavy atom. The molecule has 36 heavy (non-hydrogen) atoms. The highest BCUT2D eigenvalue weighted by molar-refractivity contribution is 7.99. The maximum Gasteiger partial charge on any atom is 0.341 e. The summed E-state index contributed by atoms with van der Waals surface area (Å²) in [7, 11) is 3.10. The molecule has 0 saturated heterocycles. The summed E-state index contributed by atoms with van der Waals surface area (Å²) in [4.78, 5) is 25.2. The van der Waals surface area contributed by atoms with E-state index in [1.165, 1.54) is 42.3 Å². The molecule has 0 saturated carbocycles. The number of nitrogens with zero attached hydrogens (tertiary/aromatic N) is 3. The molecule has 1 amide bonds. The number of halogens is 1. The molecule has 0 bridgehead atoms. The number of carbonyl (C=O) groups is 2. The van der Waals surface area contributed by atoms with Crippen molar-refractivity contribution in [2.24, 2.45) is 7.05 Å². The molecule has 0 aliphatic carbocycles. The summed E-state index contributed by atoms with van der Waals surface area (Å²) in [6.45, 7) is 2.52.